The van der Waals surface area contributed by atoms with Gasteiger partial charge in [-0.05, 0) is 17.5 Å². The van der Waals surface area contributed by atoms with Gasteiger partial charge in [0, 0.05) is 0 Å². The van der Waals surface area contributed by atoms with Gasteiger partial charge >= 0.3 is 23.2 Å². The Hall–Kier alpha value is -1.71. The van der Waals surface area contributed by atoms with Crippen LogP contribution in [0.1, 0.15) is 30.9 Å². The summed E-state index contributed by atoms with van der Waals surface area (Å²) < 4.78 is 90.2. The quantitative estimate of drug-likeness (QED) is 0.244. The average Bonchev–Trinajstić information content (AvgIpc) is 2.71. The minimum atomic E-state index is -6.00. The maximum absolute atomic E-state index is 13.5. The normalized spacial score (nSPS) is 13.9. The molecule has 0 radical (unpaired) electrons. The number of hydrogen-bond donors (Lipinski definition) is 0. The van der Waals surface area contributed by atoms with E-state index in [4.69, 9.17) is 9.05 Å². The zero-order valence-corrected chi connectivity index (χ0v) is 17.8. The Morgan fingerprint density at radius 2 is 1.33 bits per heavy atom. The van der Waals surface area contributed by atoms with Crippen LogP contribution in [0.2, 0.25) is 0 Å². The highest BCUT2D eigenvalue weighted by atomic mass is 32.2. The second-order valence-corrected chi connectivity index (χ2v) is 10.0. The second kappa shape index (κ2) is 10.5. The molecule has 0 saturated carbocycles. The molecule has 2 rings (SSSR count). The van der Waals surface area contributed by atoms with Crippen LogP contribution in [0.3, 0.4) is 0 Å². The van der Waals surface area contributed by atoms with E-state index in [9.17, 15) is 26.2 Å². The zero-order valence-electron chi connectivity index (χ0n) is 16.1. The molecular weight excluding hydrogens is 444 g/mol. The first kappa shape index (κ1) is 24.6. The lowest BCUT2D eigenvalue weighted by Crippen LogP contribution is -2.31. The van der Waals surface area contributed by atoms with Crippen LogP contribution in [0.25, 0.3) is 0 Å². The van der Waals surface area contributed by atoms with Crippen molar-refractivity contribution in [2.75, 3.05) is 0 Å². The summed E-state index contributed by atoms with van der Waals surface area (Å²) in [6, 6.07) is 16.9. The Balaban J connectivity index is 2.30. The third-order valence-electron chi connectivity index (χ3n) is 3.92. The number of alkyl halides is 3. The molecule has 0 aliphatic heterocycles. The molecule has 1 atom stereocenters. The molecule has 0 fully saturated rings. The van der Waals surface area contributed by atoms with Gasteiger partial charge in [0.05, 0.1) is 13.2 Å². The standard InChI is InChI=1S/C19H22F3O6PS/c1-2-9-18(28-30(24,25)19(20,21)22)29(23,26-14-16-10-5-3-6-11-16)27-15-17-12-7-4-8-13-17/h3-8,10-13,18H,2,9,14-15H2,1H3. The second-order valence-electron chi connectivity index (χ2n) is 6.30. The fourth-order valence-electron chi connectivity index (χ4n) is 2.39. The van der Waals surface area contributed by atoms with Gasteiger partial charge < -0.3 is 9.05 Å². The Kier molecular flexibility index (Phi) is 8.63. The first-order valence-corrected chi connectivity index (χ1v) is 12.1. The molecule has 2 aromatic rings. The van der Waals surface area contributed by atoms with Gasteiger partial charge in [-0.15, -0.1) is 0 Å². The van der Waals surface area contributed by atoms with E-state index in [0.29, 0.717) is 11.1 Å². The SMILES string of the molecule is CCCC(OS(=O)(=O)C(F)(F)F)P(=O)(OCc1ccccc1)OCc1ccccc1. The van der Waals surface area contributed by atoms with E-state index in [0.717, 1.165) is 0 Å². The van der Waals surface area contributed by atoms with Crippen molar-refractivity contribution >= 4 is 17.7 Å². The lowest BCUT2D eigenvalue weighted by Gasteiger charge is -2.26. The van der Waals surface area contributed by atoms with E-state index in [1.165, 1.54) is 0 Å². The van der Waals surface area contributed by atoms with Crippen LogP contribution in [0, 0.1) is 0 Å². The summed E-state index contributed by atoms with van der Waals surface area (Å²) in [5.41, 5.74) is -4.51. The molecule has 0 aliphatic rings. The summed E-state index contributed by atoms with van der Waals surface area (Å²) in [6.07, 6.45) is -0.0956. The Labute approximate surface area is 173 Å². The maximum atomic E-state index is 13.5. The molecule has 166 valence electrons. The highest BCUT2D eigenvalue weighted by Gasteiger charge is 2.52. The molecule has 6 nitrogen and oxygen atoms in total. The van der Waals surface area contributed by atoms with Crippen molar-refractivity contribution in [2.24, 2.45) is 0 Å². The Bertz CT molecular complexity index is 888. The average molecular weight is 466 g/mol. The van der Waals surface area contributed by atoms with Crippen molar-refractivity contribution in [3.8, 4) is 0 Å². The predicted molar refractivity (Wildman–Crippen MR) is 105 cm³/mol. The third kappa shape index (κ3) is 6.92. The van der Waals surface area contributed by atoms with Crippen LogP contribution < -0.4 is 0 Å². The first-order valence-electron chi connectivity index (χ1n) is 9.03. The number of halogens is 3. The van der Waals surface area contributed by atoms with E-state index in [1.54, 1.807) is 67.6 Å². The molecule has 0 aromatic heterocycles. The van der Waals surface area contributed by atoms with Crippen LogP contribution in [-0.4, -0.2) is 19.8 Å². The van der Waals surface area contributed by atoms with Gasteiger partial charge in [0.15, 0.2) is 5.85 Å². The van der Waals surface area contributed by atoms with Crippen LogP contribution in [-0.2, 0) is 41.1 Å². The van der Waals surface area contributed by atoms with E-state index < -0.39 is 29.1 Å². The van der Waals surface area contributed by atoms with Gasteiger partial charge in [0.25, 0.3) is 0 Å². The lowest BCUT2D eigenvalue weighted by molar-refractivity contribution is -0.0560. The van der Waals surface area contributed by atoms with E-state index in [-0.39, 0.29) is 26.1 Å². The molecule has 0 amide bonds. The van der Waals surface area contributed by atoms with Crippen molar-refractivity contribution in [1.29, 1.82) is 0 Å². The largest absolute Gasteiger partial charge is 0.523 e. The van der Waals surface area contributed by atoms with Crippen molar-refractivity contribution in [1.82, 2.24) is 0 Å². The van der Waals surface area contributed by atoms with Crippen LogP contribution in [0.5, 0.6) is 0 Å². The van der Waals surface area contributed by atoms with Crippen LogP contribution in [0.4, 0.5) is 13.2 Å². The van der Waals surface area contributed by atoms with Crippen molar-refractivity contribution in [3.05, 3.63) is 71.8 Å². The predicted octanol–water partition coefficient (Wildman–Crippen LogP) is 5.61. The maximum Gasteiger partial charge on any atom is 0.523 e. The molecule has 0 bridgehead atoms. The van der Waals surface area contributed by atoms with E-state index in [1.807, 2.05) is 0 Å². The molecule has 0 N–H and O–H groups in total. The highest BCUT2D eigenvalue weighted by Crippen LogP contribution is 2.57. The minimum Gasteiger partial charge on any atom is -0.302 e. The zero-order chi connectivity index (χ0) is 22.3. The number of rotatable bonds is 11. The van der Waals surface area contributed by atoms with Gasteiger partial charge in [0.1, 0.15) is 0 Å². The van der Waals surface area contributed by atoms with Crippen LogP contribution in [0.15, 0.2) is 60.7 Å². The van der Waals surface area contributed by atoms with Crippen molar-refractivity contribution < 1.29 is 39.4 Å². The van der Waals surface area contributed by atoms with Crippen LogP contribution >= 0.6 is 7.60 Å². The fraction of sp³-hybridized carbons (Fsp3) is 0.368. The first-order chi connectivity index (χ1) is 14.1. The van der Waals surface area contributed by atoms with E-state index >= 15 is 0 Å². The Morgan fingerprint density at radius 3 is 1.70 bits per heavy atom. The Morgan fingerprint density at radius 1 is 0.900 bits per heavy atom. The summed E-state index contributed by atoms with van der Waals surface area (Å²) in [4.78, 5) is 0. The molecule has 0 saturated heterocycles. The topological polar surface area (TPSA) is 78.9 Å². The lowest BCUT2D eigenvalue weighted by atomic mass is 10.2. The number of hydrogen-bond acceptors (Lipinski definition) is 6. The summed E-state index contributed by atoms with van der Waals surface area (Å²) in [6.45, 7) is 1.06. The van der Waals surface area contributed by atoms with Gasteiger partial charge in [-0.2, -0.15) is 21.6 Å². The van der Waals surface area contributed by atoms with Gasteiger partial charge in [-0.25, -0.2) is 4.18 Å². The summed E-state index contributed by atoms with van der Waals surface area (Å²) in [5, 5.41) is 0. The molecule has 0 spiro atoms. The molecule has 11 heteroatoms. The van der Waals surface area contributed by atoms with Crippen molar-refractivity contribution in [2.45, 2.75) is 44.3 Å². The molecule has 0 aliphatic carbocycles. The molecule has 30 heavy (non-hydrogen) atoms. The minimum absolute atomic E-state index is 0.186. The fourth-order valence-corrected chi connectivity index (χ4v) is 5.29. The highest BCUT2D eigenvalue weighted by molar-refractivity contribution is 7.87. The van der Waals surface area contributed by atoms with Crippen molar-refractivity contribution in [3.63, 3.8) is 0 Å². The molecular formula is C19H22F3O6PS. The monoisotopic (exact) mass is 466 g/mol. The summed E-state index contributed by atoms with van der Waals surface area (Å²) in [5.74, 6) is -1.94. The van der Waals surface area contributed by atoms with E-state index in [2.05, 4.69) is 4.18 Å². The summed E-state index contributed by atoms with van der Waals surface area (Å²) in [7, 11) is -10.4. The molecule has 0 heterocycles. The smallest absolute Gasteiger partial charge is 0.302 e. The molecule has 2 aromatic carbocycles. The van der Waals surface area contributed by atoms with Gasteiger partial charge in [-0.3, -0.25) is 4.57 Å². The summed E-state index contributed by atoms with van der Waals surface area (Å²) >= 11 is 0. The number of benzene rings is 2. The third-order valence-corrected chi connectivity index (χ3v) is 7.16. The van der Waals surface area contributed by atoms with Gasteiger partial charge in [0.2, 0.25) is 0 Å². The van der Waals surface area contributed by atoms with Gasteiger partial charge in [-0.1, -0.05) is 74.0 Å². The molecule has 1 unspecified atom stereocenters.